The Hall–Kier alpha value is -2.82. The molecule has 3 rings (SSSR count). The first-order valence-corrected chi connectivity index (χ1v) is 9.27. The zero-order valence-corrected chi connectivity index (χ0v) is 15.6. The third-order valence-corrected chi connectivity index (χ3v) is 5.03. The lowest BCUT2D eigenvalue weighted by Gasteiger charge is -2.32. The van der Waals surface area contributed by atoms with E-state index in [9.17, 15) is 9.59 Å². The van der Waals surface area contributed by atoms with Crippen molar-refractivity contribution < 1.29 is 19.1 Å². The summed E-state index contributed by atoms with van der Waals surface area (Å²) in [6.45, 7) is 1.45. The van der Waals surface area contributed by atoms with Crippen LogP contribution in [0.25, 0.3) is 0 Å². The second-order valence-electron chi connectivity index (χ2n) is 6.82. The number of benzene rings is 2. The highest BCUT2D eigenvalue weighted by atomic mass is 16.5. The molecule has 142 valence electrons. The van der Waals surface area contributed by atoms with Crippen LogP contribution in [0.5, 0.6) is 11.5 Å². The number of carbonyl (C=O) groups excluding carboxylic acids is 2. The lowest BCUT2D eigenvalue weighted by Crippen LogP contribution is -2.41. The molecule has 0 aromatic heterocycles. The van der Waals surface area contributed by atoms with Crippen LogP contribution in [-0.2, 0) is 11.2 Å². The van der Waals surface area contributed by atoms with Crippen molar-refractivity contribution in [2.75, 3.05) is 26.8 Å². The molecule has 1 fully saturated rings. The first-order valence-electron chi connectivity index (χ1n) is 9.27. The van der Waals surface area contributed by atoms with Gasteiger partial charge < -0.3 is 14.4 Å². The van der Waals surface area contributed by atoms with E-state index < -0.39 is 0 Å². The summed E-state index contributed by atoms with van der Waals surface area (Å²) in [6.07, 6.45) is 3.77. The van der Waals surface area contributed by atoms with Crippen LogP contribution in [0.15, 0.2) is 48.5 Å². The van der Waals surface area contributed by atoms with Crippen molar-refractivity contribution >= 4 is 12.2 Å². The highest BCUT2D eigenvalue weighted by Crippen LogP contribution is 2.24. The number of amides is 1. The number of nitrogens with zero attached hydrogens (tertiary/aromatic N) is 1. The molecule has 1 heterocycles. The summed E-state index contributed by atoms with van der Waals surface area (Å²) in [5, 5.41) is 0. The van der Waals surface area contributed by atoms with Crippen molar-refractivity contribution in [3.63, 3.8) is 0 Å². The Kier molecular flexibility index (Phi) is 6.47. The second-order valence-corrected chi connectivity index (χ2v) is 6.82. The number of methoxy groups -OCH3 is 1. The summed E-state index contributed by atoms with van der Waals surface area (Å²) in [4.78, 5) is 25.5. The van der Waals surface area contributed by atoms with Gasteiger partial charge in [0.25, 0.3) is 5.91 Å². The van der Waals surface area contributed by atoms with Crippen LogP contribution in [0.1, 0.15) is 28.8 Å². The molecule has 5 heteroatoms. The molecule has 1 saturated heterocycles. The van der Waals surface area contributed by atoms with E-state index >= 15 is 0 Å². The van der Waals surface area contributed by atoms with E-state index in [2.05, 4.69) is 24.3 Å². The monoisotopic (exact) mass is 367 g/mol. The van der Waals surface area contributed by atoms with Crippen LogP contribution in [0.2, 0.25) is 0 Å². The lowest BCUT2D eigenvalue weighted by molar-refractivity contribution is -0.134. The highest BCUT2D eigenvalue weighted by Gasteiger charge is 2.23. The van der Waals surface area contributed by atoms with Crippen molar-refractivity contribution in [1.29, 1.82) is 0 Å². The number of carbonyl (C=O) groups is 2. The molecular weight excluding hydrogens is 342 g/mol. The zero-order chi connectivity index (χ0) is 19.1. The largest absolute Gasteiger partial charge is 0.497 e. The molecule has 0 radical (unpaired) electrons. The summed E-state index contributed by atoms with van der Waals surface area (Å²) < 4.78 is 10.7. The number of likely N-dealkylation sites (tertiary alicyclic amines) is 1. The zero-order valence-electron chi connectivity index (χ0n) is 15.6. The molecule has 1 aliphatic heterocycles. The topological polar surface area (TPSA) is 55.8 Å². The van der Waals surface area contributed by atoms with Crippen LogP contribution in [0.4, 0.5) is 0 Å². The minimum Gasteiger partial charge on any atom is -0.497 e. The third-order valence-electron chi connectivity index (χ3n) is 5.03. The normalized spacial score (nSPS) is 14.6. The van der Waals surface area contributed by atoms with E-state index in [0.29, 0.717) is 29.3 Å². The summed E-state index contributed by atoms with van der Waals surface area (Å²) in [5.74, 6) is 1.55. The van der Waals surface area contributed by atoms with Crippen LogP contribution < -0.4 is 9.47 Å². The molecule has 0 unspecified atom stereocenters. The van der Waals surface area contributed by atoms with Gasteiger partial charge in [-0.05, 0) is 48.9 Å². The van der Waals surface area contributed by atoms with E-state index in [1.54, 1.807) is 18.2 Å². The molecule has 0 spiro atoms. The van der Waals surface area contributed by atoms with Crippen LogP contribution in [0, 0.1) is 5.92 Å². The van der Waals surface area contributed by atoms with Gasteiger partial charge in [-0.3, -0.25) is 9.59 Å². The SMILES string of the molecule is COc1ccc(OCC(=O)N2CCC(Cc3ccccc3)CC2)c(C=O)c1. The maximum atomic E-state index is 12.4. The molecule has 0 aliphatic carbocycles. The van der Waals surface area contributed by atoms with Gasteiger partial charge in [0.2, 0.25) is 0 Å². The first kappa shape index (κ1) is 19.0. The van der Waals surface area contributed by atoms with Gasteiger partial charge in [-0.25, -0.2) is 0 Å². The molecular formula is C22H25NO4. The van der Waals surface area contributed by atoms with E-state index in [0.717, 1.165) is 32.4 Å². The summed E-state index contributed by atoms with van der Waals surface area (Å²) in [6, 6.07) is 15.4. The number of hydrogen-bond donors (Lipinski definition) is 0. The van der Waals surface area contributed by atoms with Crippen LogP contribution in [-0.4, -0.2) is 43.9 Å². The Balaban J connectivity index is 1.48. The fourth-order valence-corrected chi connectivity index (χ4v) is 3.44. The van der Waals surface area contributed by atoms with Gasteiger partial charge in [0.1, 0.15) is 11.5 Å². The number of piperidine rings is 1. The second kappa shape index (κ2) is 9.21. The molecule has 2 aromatic rings. The molecule has 2 aromatic carbocycles. The number of hydrogen-bond acceptors (Lipinski definition) is 4. The summed E-state index contributed by atoms with van der Waals surface area (Å²) >= 11 is 0. The Morgan fingerprint density at radius 1 is 1.15 bits per heavy atom. The fraction of sp³-hybridized carbons (Fsp3) is 0.364. The fourth-order valence-electron chi connectivity index (χ4n) is 3.44. The van der Waals surface area contributed by atoms with Crippen LogP contribution in [0.3, 0.4) is 0 Å². The Morgan fingerprint density at radius 2 is 1.89 bits per heavy atom. The van der Waals surface area contributed by atoms with Gasteiger partial charge in [0.15, 0.2) is 12.9 Å². The third kappa shape index (κ3) is 5.09. The first-order chi connectivity index (χ1) is 13.2. The molecule has 1 aliphatic rings. The standard InChI is InChI=1S/C22H25NO4/c1-26-20-7-8-21(19(14-20)15-24)27-16-22(25)23-11-9-18(10-12-23)13-17-5-3-2-4-6-17/h2-8,14-15,18H,9-13,16H2,1H3. The number of aldehydes is 1. The Bertz CT molecular complexity index is 767. The van der Waals surface area contributed by atoms with E-state index in [1.807, 2.05) is 11.0 Å². The molecule has 0 saturated carbocycles. The lowest BCUT2D eigenvalue weighted by atomic mass is 9.90. The van der Waals surface area contributed by atoms with Crippen molar-refractivity contribution in [3.05, 3.63) is 59.7 Å². The average molecular weight is 367 g/mol. The number of rotatable bonds is 7. The van der Waals surface area contributed by atoms with Crippen molar-refractivity contribution in [3.8, 4) is 11.5 Å². The average Bonchev–Trinajstić information content (AvgIpc) is 2.73. The maximum absolute atomic E-state index is 12.4. The highest BCUT2D eigenvalue weighted by molar-refractivity contribution is 5.81. The van der Waals surface area contributed by atoms with E-state index in [4.69, 9.17) is 9.47 Å². The smallest absolute Gasteiger partial charge is 0.260 e. The van der Waals surface area contributed by atoms with Crippen molar-refractivity contribution in [2.45, 2.75) is 19.3 Å². The quantitative estimate of drug-likeness (QED) is 0.704. The van der Waals surface area contributed by atoms with E-state index in [-0.39, 0.29) is 12.5 Å². The predicted octanol–water partition coefficient (Wildman–Crippen LogP) is 3.37. The Morgan fingerprint density at radius 3 is 2.56 bits per heavy atom. The minimum absolute atomic E-state index is 0.0409. The van der Waals surface area contributed by atoms with Gasteiger partial charge >= 0.3 is 0 Å². The van der Waals surface area contributed by atoms with Gasteiger partial charge in [-0.2, -0.15) is 0 Å². The maximum Gasteiger partial charge on any atom is 0.260 e. The number of ether oxygens (including phenoxy) is 2. The van der Waals surface area contributed by atoms with Crippen molar-refractivity contribution in [1.82, 2.24) is 4.90 Å². The summed E-state index contributed by atoms with van der Waals surface area (Å²) in [5.41, 5.74) is 1.73. The van der Waals surface area contributed by atoms with Gasteiger partial charge in [-0.15, -0.1) is 0 Å². The van der Waals surface area contributed by atoms with Crippen molar-refractivity contribution in [2.24, 2.45) is 5.92 Å². The van der Waals surface area contributed by atoms with Gasteiger partial charge in [0, 0.05) is 13.1 Å². The molecule has 0 atom stereocenters. The molecule has 0 N–H and O–H groups in total. The van der Waals surface area contributed by atoms with E-state index in [1.165, 1.54) is 12.7 Å². The predicted molar refractivity (Wildman–Crippen MR) is 103 cm³/mol. The van der Waals surface area contributed by atoms with Crippen LogP contribution >= 0.6 is 0 Å². The molecule has 5 nitrogen and oxygen atoms in total. The minimum atomic E-state index is -0.0590. The van der Waals surface area contributed by atoms with Gasteiger partial charge in [0.05, 0.1) is 12.7 Å². The Labute approximate surface area is 159 Å². The molecule has 0 bridgehead atoms. The summed E-state index contributed by atoms with van der Waals surface area (Å²) in [7, 11) is 1.54. The van der Waals surface area contributed by atoms with Gasteiger partial charge in [-0.1, -0.05) is 30.3 Å². The molecule has 27 heavy (non-hydrogen) atoms. The molecule has 1 amide bonds.